The molecule has 1 fully saturated rings. The minimum Gasteiger partial charge on any atom is -0.374 e. The van der Waals surface area contributed by atoms with E-state index in [2.05, 4.69) is 10.6 Å². The fourth-order valence-electron chi connectivity index (χ4n) is 3.16. The summed E-state index contributed by atoms with van der Waals surface area (Å²) in [7, 11) is 1.91. The van der Waals surface area contributed by atoms with E-state index in [4.69, 9.17) is 0 Å². The Kier molecular flexibility index (Phi) is 6.02. The van der Waals surface area contributed by atoms with E-state index in [1.54, 1.807) is 0 Å². The van der Waals surface area contributed by atoms with Crippen molar-refractivity contribution in [3.8, 4) is 0 Å². The first-order chi connectivity index (χ1) is 11.0. The first-order valence-electron chi connectivity index (χ1n) is 8.38. The van der Waals surface area contributed by atoms with Crippen molar-refractivity contribution < 1.29 is 9.59 Å². The van der Waals surface area contributed by atoms with Crippen LogP contribution in [0.3, 0.4) is 0 Å². The van der Waals surface area contributed by atoms with Crippen molar-refractivity contribution in [2.24, 2.45) is 0 Å². The van der Waals surface area contributed by atoms with E-state index < -0.39 is 0 Å². The molecule has 2 amide bonds. The molecule has 0 saturated heterocycles. The van der Waals surface area contributed by atoms with E-state index in [1.807, 2.05) is 43.1 Å². The number of nitrogens with zero attached hydrogens (tertiary/aromatic N) is 1. The Bertz CT molecular complexity index is 553. The lowest BCUT2D eigenvalue weighted by atomic mass is 9.94. The fourth-order valence-corrected chi connectivity index (χ4v) is 3.16. The van der Waals surface area contributed by atoms with Gasteiger partial charge in [0.1, 0.15) is 6.04 Å². The van der Waals surface area contributed by atoms with Gasteiger partial charge in [-0.3, -0.25) is 9.59 Å². The highest BCUT2D eigenvalue weighted by molar-refractivity contribution is 5.89. The topological polar surface area (TPSA) is 61.4 Å². The van der Waals surface area contributed by atoms with E-state index in [0.717, 1.165) is 24.2 Å². The van der Waals surface area contributed by atoms with Crippen LogP contribution in [0, 0.1) is 0 Å². The summed E-state index contributed by atoms with van der Waals surface area (Å²) in [6.45, 7) is 3.36. The zero-order valence-electron chi connectivity index (χ0n) is 14.3. The minimum absolute atomic E-state index is 0.108. The zero-order chi connectivity index (χ0) is 16.8. The van der Waals surface area contributed by atoms with Gasteiger partial charge < -0.3 is 15.5 Å². The summed E-state index contributed by atoms with van der Waals surface area (Å²) in [4.78, 5) is 25.6. The van der Waals surface area contributed by atoms with Gasteiger partial charge in [0.05, 0.1) is 0 Å². The normalized spacial score (nSPS) is 16.5. The standard InChI is InChI=1S/C18H27N3O2/c1-13(18(23)21(3)17-10-5-4-6-11-17)19-15-8-7-9-16(12-15)20-14(2)22/h7-9,12-13,17,19H,4-6,10-11H2,1-3H3,(H,20,22)/t13-/m1/s1. The Morgan fingerprint density at radius 3 is 2.48 bits per heavy atom. The lowest BCUT2D eigenvalue weighted by Crippen LogP contribution is -2.45. The van der Waals surface area contributed by atoms with Crippen LogP contribution >= 0.6 is 0 Å². The fraction of sp³-hybridized carbons (Fsp3) is 0.556. The van der Waals surface area contributed by atoms with Gasteiger partial charge in [-0.25, -0.2) is 0 Å². The van der Waals surface area contributed by atoms with Gasteiger partial charge in [-0.1, -0.05) is 25.3 Å². The molecule has 1 aliphatic rings. The van der Waals surface area contributed by atoms with Crippen molar-refractivity contribution in [1.29, 1.82) is 0 Å². The maximum atomic E-state index is 12.6. The van der Waals surface area contributed by atoms with Gasteiger partial charge in [-0.2, -0.15) is 0 Å². The van der Waals surface area contributed by atoms with Crippen molar-refractivity contribution in [3.63, 3.8) is 0 Å². The molecule has 1 aromatic carbocycles. The first-order valence-corrected chi connectivity index (χ1v) is 8.38. The summed E-state index contributed by atoms with van der Waals surface area (Å²) in [5, 5.41) is 5.98. The molecular formula is C18H27N3O2. The lowest BCUT2D eigenvalue weighted by Gasteiger charge is -2.33. The summed E-state index contributed by atoms with van der Waals surface area (Å²) in [5.41, 5.74) is 1.55. The predicted octanol–water partition coefficient (Wildman–Crippen LogP) is 3.24. The van der Waals surface area contributed by atoms with Gasteiger partial charge in [0.15, 0.2) is 0 Å². The maximum Gasteiger partial charge on any atom is 0.244 e. The highest BCUT2D eigenvalue weighted by Crippen LogP contribution is 2.23. The SMILES string of the molecule is CC(=O)Nc1cccc(N[C@H](C)C(=O)N(C)C2CCCCC2)c1. The molecule has 1 atom stereocenters. The van der Waals surface area contributed by atoms with Gasteiger partial charge in [0.25, 0.3) is 0 Å². The average Bonchev–Trinajstić information content (AvgIpc) is 2.54. The Balaban J connectivity index is 1.96. The number of hydrogen-bond acceptors (Lipinski definition) is 3. The molecule has 1 aliphatic carbocycles. The van der Waals surface area contributed by atoms with Gasteiger partial charge in [-0.05, 0) is 38.0 Å². The van der Waals surface area contributed by atoms with Gasteiger partial charge in [-0.15, -0.1) is 0 Å². The van der Waals surface area contributed by atoms with E-state index in [9.17, 15) is 9.59 Å². The predicted molar refractivity (Wildman–Crippen MR) is 93.5 cm³/mol. The molecule has 1 saturated carbocycles. The summed E-state index contributed by atoms with van der Waals surface area (Å²) in [5.74, 6) is 0.00476. The molecular weight excluding hydrogens is 290 g/mol. The molecule has 2 N–H and O–H groups in total. The number of amides is 2. The van der Waals surface area contributed by atoms with Crippen molar-refractivity contribution in [2.45, 2.75) is 58.0 Å². The summed E-state index contributed by atoms with van der Waals surface area (Å²) in [6, 6.07) is 7.49. The van der Waals surface area contributed by atoms with Crippen molar-refractivity contribution in [2.75, 3.05) is 17.7 Å². The zero-order valence-corrected chi connectivity index (χ0v) is 14.3. The van der Waals surface area contributed by atoms with E-state index in [1.165, 1.54) is 26.2 Å². The smallest absolute Gasteiger partial charge is 0.244 e. The first kappa shape index (κ1) is 17.3. The number of carbonyl (C=O) groups is 2. The third-order valence-electron chi connectivity index (χ3n) is 4.41. The third-order valence-corrected chi connectivity index (χ3v) is 4.41. The molecule has 5 heteroatoms. The van der Waals surface area contributed by atoms with Crippen LogP contribution < -0.4 is 10.6 Å². The number of hydrogen-bond donors (Lipinski definition) is 2. The highest BCUT2D eigenvalue weighted by atomic mass is 16.2. The van der Waals surface area contributed by atoms with Crippen LogP contribution in [0.15, 0.2) is 24.3 Å². The van der Waals surface area contributed by atoms with E-state index in [-0.39, 0.29) is 17.9 Å². The van der Waals surface area contributed by atoms with Crippen LogP contribution in [-0.4, -0.2) is 35.8 Å². The van der Waals surface area contributed by atoms with Gasteiger partial charge in [0.2, 0.25) is 11.8 Å². The molecule has 1 aromatic rings. The van der Waals surface area contributed by atoms with Crippen molar-refractivity contribution in [3.05, 3.63) is 24.3 Å². The average molecular weight is 317 g/mol. The molecule has 0 heterocycles. The quantitative estimate of drug-likeness (QED) is 0.876. The molecule has 0 spiro atoms. The molecule has 0 radical (unpaired) electrons. The molecule has 0 unspecified atom stereocenters. The van der Waals surface area contributed by atoms with Crippen LogP contribution in [0.2, 0.25) is 0 Å². The second-order valence-electron chi connectivity index (χ2n) is 6.37. The monoisotopic (exact) mass is 317 g/mol. The number of carbonyl (C=O) groups excluding carboxylic acids is 2. The van der Waals surface area contributed by atoms with Crippen molar-refractivity contribution in [1.82, 2.24) is 4.90 Å². The third kappa shape index (κ3) is 4.98. The Hall–Kier alpha value is -2.04. The number of nitrogens with one attached hydrogen (secondary N) is 2. The molecule has 23 heavy (non-hydrogen) atoms. The van der Waals surface area contributed by atoms with Gasteiger partial charge in [0, 0.05) is 31.4 Å². The number of anilines is 2. The number of likely N-dealkylation sites (N-methyl/N-ethyl adjacent to an activating group) is 1. The molecule has 5 nitrogen and oxygen atoms in total. The van der Waals surface area contributed by atoms with Crippen LogP contribution in [0.4, 0.5) is 11.4 Å². The number of benzene rings is 1. The van der Waals surface area contributed by atoms with Crippen LogP contribution in [0.1, 0.15) is 46.0 Å². The van der Waals surface area contributed by atoms with Crippen LogP contribution in [0.25, 0.3) is 0 Å². The van der Waals surface area contributed by atoms with E-state index >= 15 is 0 Å². The van der Waals surface area contributed by atoms with Crippen LogP contribution in [-0.2, 0) is 9.59 Å². The molecule has 0 aliphatic heterocycles. The molecule has 0 bridgehead atoms. The summed E-state index contributed by atoms with van der Waals surface area (Å²) in [6.07, 6.45) is 5.91. The minimum atomic E-state index is -0.297. The van der Waals surface area contributed by atoms with Gasteiger partial charge >= 0.3 is 0 Å². The Morgan fingerprint density at radius 2 is 1.83 bits per heavy atom. The second kappa shape index (κ2) is 7.99. The molecule has 126 valence electrons. The summed E-state index contributed by atoms with van der Waals surface area (Å²) < 4.78 is 0. The van der Waals surface area contributed by atoms with Crippen molar-refractivity contribution >= 4 is 23.2 Å². The Morgan fingerprint density at radius 1 is 1.17 bits per heavy atom. The molecule has 0 aromatic heterocycles. The second-order valence-corrected chi connectivity index (χ2v) is 6.37. The number of rotatable bonds is 5. The largest absolute Gasteiger partial charge is 0.374 e. The van der Waals surface area contributed by atoms with Crippen LogP contribution in [0.5, 0.6) is 0 Å². The highest BCUT2D eigenvalue weighted by Gasteiger charge is 2.25. The Labute approximate surface area is 138 Å². The summed E-state index contributed by atoms with van der Waals surface area (Å²) >= 11 is 0. The molecule has 2 rings (SSSR count). The maximum absolute atomic E-state index is 12.6. The lowest BCUT2D eigenvalue weighted by molar-refractivity contribution is -0.133. The van der Waals surface area contributed by atoms with E-state index in [0.29, 0.717) is 6.04 Å².